The molecule has 1 heterocycles. The molecule has 68 valence electrons. The first-order valence-electron chi connectivity index (χ1n) is 3.51. The zero-order chi connectivity index (χ0) is 9.68. The first-order valence-corrected chi connectivity index (χ1v) is 3.89. The number of carbonyl (C=O) groups excluding carboxylic acids is 1. The second-order valence-electron chi connectivity index (χ2n) is 2.13. The van der Waals surface area contributed by atoms with E-state index >= 15 is 0 Å². The Morgan fingerprint density at radius 2 is 2.38 bits per heavy atom. The van der Waals surface area contributed by atoms with Crippen molar-refractivity contribution in [3.8, 4) is 0 Å². The fourth-order valence-corrected chi connectivity index (χ4v) is 0.734. The summed E-state index contributed by atoms with van der Waals surface area (Å²) in [6, 6.07) is 2.92. The second kappa shape index (κ2) is 4.57. The van der Waals surface area contributed by atoms with E-state index in [-0.39, 0.29) is 17.5 Å². The summed E-state index contributed by atoms with van der Waals surface area (Å²) in [5, 5.41) is 7.27. The summed E-state index contributed by atoms with van der Waals surface area (Å²) < 4.78 is 4.71. The Bertz CT molecular complexity index is 310. The van der Waals surface area contributed by atoms with Gasteiger partial charge in [-0.25, -0.2) is 4.79 Å². The molecule has 5 heteroatoms. The van der Waals surface area contributed by atoms with Gasteiger partial charge in [0.1, 0.15) is 6.61 Å². The molecule has 0 saturated heterocycles. The molecule has 0 aliphatic heterocycles. The van der Waals surface area contributed by atoms with Crippen LogP contribution in [-0.4, -0.2) is 22.8 Å². The Labute approximate surface area is 80.2 Å². The summed E-state index contributed by atoms with van der Waals surface area (Å²) in [6.45, 7) is 3.56. The van der Waals surface area contributed by atoms with E-state index in [1.165, 1.54) is 18.2 Å². The largest absolute Gasteiger partial charge is 0.457 e. The van der Waals surface area contributed by atoms with Crippen molar-refractivity contribution in [2.24, 2.45) is 0 Å². The van der Waals surface area contributed by atoms with Crippen LogP contribution in [-0.2, 0) is 4.74 Å². The van der Waals surface area contributed by atoms with Gasteiger partial charge in [-0.2, -0.15) is 0 Å². The summed E-state index contributed by atoms with van der Waals surface area (Å²) in [4.78, 5) is 11.1. The van der Waals surface area contributed by atoms with Crippen molar-refractivity contribution in [3.05, 3.63) is 35.6 Å². The molecule has 4 nitrogen and oxygen atoms in total. The highest BCUT2D eigenvalue weighted by molar-refractivity contribution is 6.29. The highest BCUT2D eigenvalue weighted by Gasteiger charge is 2.07. The minimum atomic E-state index is -0.538. The van der Waals surface area contributed by atoms with Gasteiger partial charge in [-0.15, -0.1) is 10.2 Å². The van der Waals surface area contributed by atoms with E-state index in [1.54, 1.807) is 0 Å². The lowest BCUT2D eigenvalue weighted by Gasteiger charge is -1.98. The van der Waals surface area contributed by atoms with Crippen LogP contribution >= 0.6 is 11.6 Å². The fraction of sp³-hybridized carbons (Fsp3) is 0.125. The minimum Gasteiger partial charge on any atom is -0.457 e. The van der Waals surface area contributed by atoms with Crippen LogP contribution in [0.4, 0.5) is 0 Å². The zero-order valence-electron chi connectivity index (χ0n) is 6.74. The number of aromatic nitrogens is 2. The molecule has 1 rings (SSSR count). The summed E-state index contributed by atoms with van der Waals surface area (Å²) in [5.74, 6) is -0.538. The molecular weight excluding hydrogens is 192 g/mol. The molecule has 0 fully saturated rings. The molecule has 0 atom stereocenters. The molecule has 0 saturated carbocycles. The summed E-state index contributed by atoms with van der Waals surface area (Å²) in [5.41, 5.74) is 0.131. The molecule has 0 aliphatic rings. The maximum atomic E-state index is 11.1. The predicted molar refractivity (Wildman–Crippen MR) is 47.5 cm³/mol. The Hall–Kier alpha value is -1.42. The summed E-state index contributed by atoms with van der Waals surface area (Å²) in [6.07, 6.45) is 1.47. The Kier molecular flexibility index (Phi) is 3.40. The number of hydrogen-bond acceptors (Lipinski definition) is 4. The van der Waals surface area contributed by atoms with Crippen LogP contribution in [0.3, 0.4) is 0 Å². The van der Waals surface area contributed by atoms with Crippen molar-refractivity contribution in [2.45, 2.75) is 0 Å². The van der Waals surface area contributed by atoms with Crippen molar-refractivity contribution in [2.75, 3.05) is 6.61 Å². The van der Waals surface area contributed by atoms with Crippen LogP contribution in [0, 0.1) is 0 Å². The van der Waals surface area contributed by atoms with Gasteiger partial charge in [0.25, 0.3) is 0 Å². The SMILES string of the molecule is C=CCOC(=O)c1ccc(Cl)nn1. The van der Waals surface area contributed by atoms with E-state index in [9.17, 15) is 4.79 Å². The van der Waals surface area contributed by atoms with Crippen molar-refractivity contribution < 1.29 is 9.53 Å². The van der Waals surface area contributed by atoms with Crippen LogP contribution in [0.2, 0.25) is 5.15 Å². The number of nitrogens with zero attached hydrogens (tertiary/aromatic N) is 2. The first-order chi connectivity index (χ1) is 6.24. The number of ether oxygens (including phenoxy) is 1. The monoisotopic (exact) mass is 198 g/mol. The molecule has 0 N–H and O–H groups in total. The third-order valence-corrected chi connectivity index (χ3v) is 1.37. The smallest absolute Gasteiger partial charge is 0.359 e. The Morgan fingerprint density at radius 3 is 2.92 bits per heavy atom. The first kappa shape index (κ1) is 9.67. The third kappa shape index (κ3) is 2.83. The number of hydrogen-bond donors (Lipinski definition) is 0. The highest BCUT2D eigenvalue weighted by Crippen LogP contribution is 2.03. The van der Waals surface area contributed by atoms with Gasteiger partial charge in [-0.1, -0.05) is 24.3 Å². The molecule has 1 aromatic rings. The average molecular weight is 199 g/mol. The van der Waals surface area contributed by atoms with Crippen molar-refractivity contribution in [1.82, 2.24) is 10.2 Å². The molecular formula is C8H7ClN2O2. The molecule has 0 bridgehead atoms. The van der Waals surface area contributed by atoms with E-state index in [4.69, 9.17) is 16.3 Å². The number of rotatable bonds is 3. The van der Waals surface area contributed by atoms with E-state index < -0.39 is 5.97 Å². The molecule has 1 aromatic heterocycles. The molecule has 0 aromatic carbocycles. The van der Waals surface area contributed by atoms with Crippen LogP contribution in [0.5, 0.6) is 0 Å². The van der Waals surface area contributed by atoms with E-state index in [0.717, 1.165) is 0 Å². The summed E-state index contributed by atoms with van der Waals surface area (Å²) in [7, 11) is 0. The lowest BCUT2D eigenvalue weighted by atomic mass is 10.4. The second-order valence-corrected chi connectivity index (χ2v) is 2.52. The number of esters is 1. The van der Waals surface area contributed by atoms with Crippen LogP contribution in [0.1, 0.15) is 10.5 Å². The molecule has 0 amide bonds. The van der Waals surface area contributed by atoms with Crippen molar-refractivity contribution >= 4 is 17.6 Å². The molecule has 13 heavy (non-hydrogen) atoms. The van der Waals surface area contributed by atoms with Crippen LogP contribution in [0.25, 0.3) is 0 Å². The van der Waals surface area contributed by atoms with Gasteiger partial charge in [0.2, 0.25) is 0 Å². The molecule has 0 unspecified atom stereocenters. The van der Waals surface area contributed by atoms with E-state index in [0.29, 0.717) is 0 Å². The van der Waals surface area contributed by atoms with Gasteiger partial charge in [0, 0.05) is 0 Å². The topological polar surface area (TPSA) is 52.1 Å². The molecule has 0 spiro atoms. The minimum absolute atomic E-state index is 0.131. The lowest BCUT2D eigenvalue weighted by Crippen LogP contribution is -2.07. The molecule has 0 aliphatic carbocycles. The quantitative estimate of drug-likeness (QED) is 0.545. The van der Waals surface area contributed by atoms with Crippen molar-refractivity contribution in [3.63, 3.8) is 0 Å². The van der Waals surface area contributed by atoms with E-state index in [2.05, 4.69) is 16.8 Å². The summed E-state index contributed by atoms with van der Waals surface area (Å²) >= 11 is 5.48. The predicted octanol–water partition coefficient (Wildman–Crippen LogP) is 1.47. The maximum Gasteiger partial charge on any atom is 0.359 e. The fourth-order valence-electron chi connectivity index (χ4n) is 0.633. The standard InChI is InChI=1S/C8H7ClN2O2/c1-2-5-13-8(12)6-3-4-7(9)11-10-6/h2-4H,1,5H2. The van der Waals surface area contributed by atoms with Crippen molar-refractivity contribution in [1.29, 1.82) is 0 Å². The van der Waals surface area contributed by atoms with Gasteiger partial charge in [0.05, 0.1) is 0 Å². The van der Waals surface area contributed by atoms with E-state index in [1.807, 2.05) is 0 Å². The van der Waals surface area contributed by atoms with Gasteiger partial charge < -0.3 is 4.74 Å². The van der Waals surface area contributed by atoms with Gasteiger partial charge in [-0.05, 0) is 12.1 Å². The molecule has 0 radical (unpaired) electrons. The average Bonchev–Trinajstić information content (AvgIpc) is 2.15. The van der Waals surface area contributed by atoms with Gasteiger partial charge in [0.15, 0.2) is 10.8 Å². The number of halogens is 1. The maximum absolute atomic E-state index is 11.1. The van der Waals surface area contributed by atoms with Crippen LogP contribution in [0.15, 0.2) is 24.8 Å². The number of carbonyl (C=O) groups is 1. The Morgan fingerprint density at radius 1 is 1.62 bits per heavy atom. The normalized spacial score (nSPS) is 9.31. The van der Waals surface area contributed by atoms with Crippen LogP contribution < -0.4 is 0 Å². The lowest BCUT2D eigenvalue weighted by molar-refractivity contribution is 0.0541. The highest BCUT2D eigenvalue weighted by atomic mass is 35.5. The Balaban J connectivity index is 2.66. The van der Waals surface area contributed by atoms with Gasteiger partial charge >= 0.3 is 5.97 Å². The van der Waals surface area contributed by atoms with Gasteiger partial charge in [-0.3, -0.25) is 0 Å². The third-order valence-electron chi connectivity index (χ3n) is 1.17. The zero-order valence-corrected chi connectivity index (χ0v) is 7.49.